The van der Waals surface area contributed by atoms with E-state index in [2.05, 4.69) is 21.9 Å². The number of piperazine rings is 1. The molecule has 0 spiro atoms. The van der Waals surface area contributed by atoms with Crippen LogP contribution in [0.25, 0.3) is 11.0 Å². The van der Waals surface area contributed by atoms with Crippen LogP contribution in [0.3, 0.4) is 0 Å². The van der Waals surface area contributed by atoms with Gasteiger partial charge in [-0.1, -0.05) is 6.58 Å². The van der Waals surface area contributed by atoms with Gasteiger partial charge in [0.05, 0.1) is 19.0 Å². The number of fused-ring (bicyclic) bond motifs is 1. The third-order valence-electron chi connectivity index (χ3n) is 4.37. The highest BCUT2D eigenvalue weighted by Crippen LogP contribution is 2.24. The number of carbonyl (C=O) groups is 2. The Balaban J connectivity index is 1.71. The molecule has 150 valence electrons. The van der Waals surface area contributed by atoms with Crippen molar-refractivity contribution in [1.29, 1.82) is 0 Å². The SMILES string of the molecule is C=CC(=O)NCC(=O)N1CCN(S(=O)(=O)n2ccc3c(OC)ncnc32)CC1. The average Bonchev–Trinajstić information content (AvgIpc) is 3.16. The second-order valence-corrected chi connectivity index (χ2v) is 7.75. The van der Waals surface area contributed by atoms with E-state index in [4.69, 9.17) is 4.74 Å². The summed E-state index contributed by atoms with van der Waals surface area (Å²) in [7, 11) is -2.42. The number of hydrogen-bond acceptors (Lipinski definition) is 7. The van der Waals surface area contributed by atoms with Crippen molar-refractivity contribution in [3.63, 3.8) is 0 Å². The van der Waals surface area contributed by atoms with Crippen LogP contribution in [-0.2, 0) is 19.8 Å². The minimum Gasteiger partial charge on any atom is -0.480 e. The fourth-order valence-corrected chi connectivity index (χ4v) is 4.35. The Bertz CT molecular complexity index is 1010. The molecule has 1 saturated heterocycles. The number of amides is 2. The summed E-state index contributed by atoms with van der Waals surface area (Å²) in [5.74, 6) is -0.432. The smallest absolute Gasteiger partial charge is 0.309 e. The Morgan fingerprint density at radius 3 is 2.64 bits per heavy atom. The van der Waals surface area contributed by atoms with E-state index in [9.17, 15) is 18.0 Å². The molecule has 11 nitrogen and oxygen atoms in total. The van der Waals surface area contributed by atoms with Crippen molar-refractivity contribution in [2.45, 2.75) is 0 Å². The van der Waals surface area contributed by atoms with E-state index < -0.39 is 16.1 Å². The molecule has 0 saturated carbocycles. The van der Waals surface area contributed by atoms with E-state index in [-0.39, 0.29) is 50.2 Å². The largest absolute Gasteiger partial charge is 0.480 e. The third-order valence-corrected chi connectivity index (χ3v) is 6.18. The first-order valence-corrected chi connectivity index (χ1v) is 9.83. The minimum atomic E-state index is -3.87. The molecular weight excluding hydrogens is 388 g/mol. The van der Waals surface area contributed by atoms with E-state index in [0.29, 0.717) is 5.39 Å². The Morgan fingerprint density at radius 2 is 2.00 bits per heavy atom. The lowest BCUT2D eigenvalue weighted by Gasteiger charge is -2.34. The molecule has 0 aliphatic carbocycles. The van der Waals surface area contributed by atoms with Crippen molar-refractivity contribution >= 4 is 33.1 Å². The molecule has 0 unspecified atom stereocenters. The summed E-state index contributed by atoms with van der Waals surface area (Å²) in [4.78, 5) is 32.8. The predicted octanol–water partition coefficient (Wildman–Crippen LogP) is -1.02. The van der Waals surface area contributed by atoms with Crippen LogP contribution in [0.5, 0.6) is 5.88 Å². The summed E-state index contributed by atoms with van der Waals surface area (Å²) >= 11 is 0. The molecule has 1 fully saturated rings. The topological polar surface area (TPSA) is 127 Å². The second kappa shape index (κ2) is 7.94. The average molecular weight is 408 g/mol. The van der Waals surface area contributed by atoms with Gasteiger partial charge >= 0.3 is 10.2 Å². The van der Waals surface area contributed by atoms with Crippen molar-refractivity contribution < 1.29 is 22.7 Å². The molecule has 28 heavy (non-hydrogen) atoms. The molecule has 2 amide bonds. The third kappa shape index (κ3) is 3.68. The van der Waals surface area contributed by atoms with Gasteiger partial charge in [0.25, 0.3) is 0 Å². The molecule has 12 heteroatoms. The summed E-state index contributed by atoms with van der Waals surface area (Å²) in [5.41, 5.74) is 0.220. The lowest BCUT2D eigenvalue weighted by atomic mass is 10.3. The van der Waals surface area contributed by atoms with E-state index in [1.54, 1.807) is 6.07 Å². The highest BCUT2D eigenvalue weighted by Gasteiger charge is 2.31. The zero-order valence-corrected chi connectivity index (χ0v) is 16.1. The van der Waals surface area contributed by atoms with Gasteiger partial charge in [0.1, 0.15) is 6.33 Å². The number of rotatable bonds is 6. The van der Waals surface area contributed by atoms with Crippen molar-refractivity contribution in [2.75, 3.05) is 39.8 Å². The first kappa shape index (κ1) is 19.8. The zero-order valence-electron chi connectivity index (χ0n) is 15.2. The Kier molecular flexibility index (Phi) is 5.61. The molecule has 0 radical (unpaired) electrons. The highest BCUT2D eigenvalue weighted by atomic mass is 32.2. The molecule has 3 rings (SSSR count). The number of methoxy groups -OCH3 is 1. The lowest BCUT2D eigenvalue weighted by Crippen LogP contribution is -2.53. The highest BCUT2D eigenvalue weighted by molar-refractivity contribution is 7.87. The molecule has 0 bridgehead atoms. The van der Waals surface area contributed by atoms with E-state index >= 15 is 0 Å². The summed E-state index contributed by atoms with van der Waals surface area (Å²) in [6.07, 6.45) is 3.72. The van der Waals surface area contributed by atoms with Gasteiger partial charge in [0, 0.05) is 32.4 Å². The molecule has 1 N–H and O–H groups in total. The molecule has 2 aromatic heterocycles. The van der Waals surface area contributed by atoms with Crippen LogP contribution in [0.4, 0.5) is 0 Å². The fourth-order valence-electron chi connectivity index (χ4n) is 2.89. The normalized spacial score (nSPS) is 15.4. The summed E-state index contributed by atoms with van der Waals surface area (Å²) in [5, 5.41) is 2.90. The number of aromatic nitrogens is 3. The van der Waals surface area contributed by atoms with Gasteiger partial charge in [-0.05, 0) is 12.1 Å². The van der Waals surface area contributed by atoms with Gasteiger partial charge in [-0.2, -0.15) is 12.7 Å². The molecule has 1 aliphatic rings. The molecule has 1 aliphatic heterocycles. The Morgan fingerprint density at radius 1 is 1.29 bits per heavy atom. The first-order chi connectivity index (χ1) is 13.4. The van der Waals surface area contributed by atoms with Crippen LogP contribution >= 0.6 is 0 Å². The molecule has 0 aromatic carbocycles. The van der Waals surface area contributed by atoms with Crippen molar-refractivity contribution in [2.24, 2.45) is 0 Å². The van der Waals surface area contributed by atoms with Crippen molar-refractivity contribution in [3.8, 4) is 5.88 Å². The number of nitrogens with zero attached hydrogens (tertiary/aromatic N) is 5. The van der Waals surface area contributed by atoms with Gasteiger partial charge < -0.3 is 15.0 Å². The maximum absolute atomic E-state index is 13.0. The Hall–Kier alpha value is -2.99. The maximum atomic E-state index is 13.0. The van der Waals surface area contributed by atoms with E-state index in [0.717, 1.165) is 10.0 Å². The van der Waals surface area contributed by atoms with Crippen LogP contribution in [0.1, 0.15) is 0 Å². The number of nitrogens with one attached hydrogen (secondary N) is 1. The van der Waals surface area contributed by atoms with E-state index in [1.807, 2.05) is 0 Å². The summed E-state index contributed by atoms with van der Waals surface area (Å²) < 4.78 is 33.5. The standard InChI is InChI=1S/C16H20N6O5S/c1-3-13(23)17-10-14(24)20-6-8-21(9-7-20)28(25,26)22-5-4-12-15(22)18-11-19-16(12)27-2/h3-5,11H,1,6-10H2,2H3,(H,17,23). The lowest BCUT2D eigenvalue weighted by molar-refractivity contribution is -0.133. The van der Waals surface area contributed by atoms with Gasteiger partial charge in [-0.25, -0.2) is 13.9 Å². The van der Waals surface area contributed by atoms with Gasteiger partial charge in [0.15, 0.2) is 5.65 Å². The molecule has 0 atom stereocenters. The molecule has 3 heterocycles. The number of carbonyl (C=O) groups excluding carboxylic acids is 2. The zero-order chi connectivity index (χ0) is 20.3. The quantitative estimate of drug-likeness (QED) is 0.606. The van der Waals surface area contributed by atoms with Gasteiger partial charge in [-0.3, -0.25) is 9.59 Å². The summed E-state index contributed by atoms with van der Waals surface area (Å²) in [6.45, 7) is 3.86. The van der Waals surface area contributed by atoms with Gasteiger partial charge in [-0.15, -0.1) is 0 Å². The van der Waals surface area contributed by atoms with Crippen LogP contribution in [0.2, 0.25) is 0 Å². The van der Waals surface area contributed by atoms with Crippen LogP contribution in [-0.4, -0.2) is 83.2 Å². The van der Waals surface area contributed by atoms with Crippen LogP contribution in [0, 0.1) is 0 Å². The number of ether oxygens (including phenoxy) is 1. The second-order valence-electron chi connectivity index (χ2n) is 5.94. The maximum Gasteiger partial charge on any atom is 0.309 e. The minimum absolute atomic E-state index is 0.130. The fraction of sp³-hybridized carbons (Fsp3) is 0.375. The summed E-state index contributed by atoms with van der Waals surface area (Å²) in [6, 6.07) is 1.58. The monoisotopic (exact) mass is 408 g/mol. The predicted molar refractivity (Wildman–Crippen MR) is 99.8 cm³/mol. The first-order valence-electron chi connectivity index (χ1n) is 8.43. The molecular formula is C16H20N6O5S. The van der Waals surface area contributed by atoms with Crippen molar-refractivity contribution in [1.82, 2.24) is 28.5 Å². The van der Waals surface area contributed by atoms with Crippen LogP contribution in [0.15, 0.2) is 31.2 Å². The van der Waals surface area contributed by atoms with Crippen LogP contribution < -0.4 is 10.1 Å². The van der Waals surface area contributed by atoms with E-state index in [1.165, 1.54) is 28.8 Å². The number of hydrogen-bond donors (Lipinski definition) is 1. The van der Waals surface area contributed by atoms with Gasteiger partial charge in [0.2, 0.25) is 17.7 Å². The molecule has 2 aromatic rings. The van der Waals surface area contributed by atoms with Crippen molar-refractivity contribution in [3.05, 3.63) is 31.2 Å². The Labute approximate surface area is 161 Å².